The number of carbonyl (C=O) groups is 1. The molecule has 1 aliphatic carbocycles. The third-order valence-corrected chi connectivity index (χ3v) is 1.57. The van der Waals surface area contributed by atoms with E-state index in [0.717, 1.165) is 0 Å². The molecule has 0 saturated heterocycles. The van der Waals surface area contributed by atoms with Gasteiger partial charge in [-0.1, -0.05) is 24.3 Å². The van der Waals surface area contributed by atoms with Gasteiger partial charge in [0, 0.05) is 6.04 Å². The van der Waals surface area contributed by atoms with E-state index in [-0.39, 0.29) is 6.04 Å². The Balaban J connectivity index is 2.73. The molecule has 4 heteroatoms. The van der Waals surface area contributed by atoms with E-state index in [9.17, 15) is 4.79 Å². The van der Waals surface area contributed by atoms with E-state index in [1.54, 1.807) is 24.3 Å². The van der Waals surface area contributed by atoms with Crippen molar-refractivity contribution in [1.29, 1.82) is 5.53 Å². The minimum atomic E-state index is -0.488. The lowest BCUT2D eigenvalue weighted by Crippen LogP contribution is -2.32. The second-order valence-electron chi connectivity index (χ2n) is 2.32. The molecule has 0 aromatic heterocycles. The summed E-state index contributed by atoms with van der Waals surface area (Å²) in [6.07, 6.45) is 6.88. The molecular formula is C7H9N3O. The van der Waals surface area contributed by atoms with Crippen molar-refractivity contribution in [2.24, 2.45) is 16.8 Å². The Bertz CT molecular complexity index is 232. The summed E-state index contributed by atoms with van der Waals surface area (Å²) in [5, 5.41) is 2.81. The van der Waals surface area contributed by atoms with Gasteiger partial charge < -0.3 is 5.73 Å². The van der Waals surface area contributed by atoms with Gasteiger partial charge in [-0.05, 0) is 0 Å². The normalized spacial score (nSPS) is 28.5. The van der Waals surface area contributed by atoms with Crippen LogP contribution in [0.1, 0.15) is 0 Å². The topological polar surface area (TPSA) is 79.3 Å². The van der Waals surface area contributed by atoms with Crippen LogP contribution in [0.3, 0.4) is 0 Å². The molecule has 2 atom stereocenters. The molecule has 0 aliphatic heterocycles. The molecule has 0 aromatic carbocycles. The molecule has 0 heterocycles. The smallest absolute Gasteiger partial charge is 0.272 e. The van der Waals surface area contributed by atoms with Gasteiger partial charge in [-0.25, -0.2) is 5.53 Å². The first-order chi connectivity index (χ1) is 5.25. The number of hydrogen-bond donors (Lipinski definition) is 2. The third kappa shape index (κ3) is 1.59. The van der Waals surface area contributed by atoms with E-state index in [2.05, 4.69) is 5.11 Å². The molecule has 1 aliphatic rings. The molecule has 4 nitrogen and oxygen atoms in total. The van der Waals surface area contributed by atoms with E-state index in [1.807, 2.05) is 0 Å². The third-order valence-electron chi connectivity index (χ3n) is 1.57. The van der Waals surface area contributed by atoms with Crippen molar-refractivity contribution in [1.82, 2.24) is 0 Å². The van der Waals surface area contributed by atoms with Crippen molar-refractivity contribution >= 4 is 5.91 Å². The Morgan fingerprint density at radius 3 is 2.64 bits per heavy atom. The van der Waals surface area contributed by atoms with Crippen LogP contribution in [0.5, 0.6) is 0 Å². The van der Waals surface area contributed by atoms with Crippen molar-refractivity contribution in [2.75, 3.05) is 0 Å². The highest BCUT2D eigenvalue weighted by Gasteiger charge is 2.21. The summed E-state index contributed by atoms with van der Waals surface area (Å²) < 4.78 is 0. The molecule has 0 radical (unpaired) electrons. The lowest BCUT2D eigenvalue weighted by Gasteiger charge is -2.15. The van der Waals surface area contributed by atoms with Gasteiger partial charge in [0.05, 0.1) is 5.92 Å². The quantitative estimate of drug-likeness (QED) is 0.538. The Hall–Kier alpha value is -1.29. The molecule has 0 spiro atoms. The number of nitrogens with two attached hydrogens (primary N) is 1. The zero-order chi connectivity index (χ0) is 8.27. The van der Waals surface area contributed by atoms with E-state index >= 15 is 0 Å². The molecule has 58 valence electrons. The van der Waals surface area contributed by atoms with Crippen LogP contribution in [0.2, 0.25) is 0 Å². The molecule has 11 heavy (non-hydrogen) atoms. The Kier molecular flexibility index (Phi) is 2.28. The first kappa shape index (κ1) is 7.81. The van der Waals surface area contributed by atoms with Crippen LogP contribution in [-0.4, -0.2) is 11.9 Å². The first-order valence-corrected chi connectivity index (χ1v) is 3.27. The SMILES string of the molecule is N=NC(=O)C1C=CC=CC1N. The van der Waals surface area contributed by atoms with E-state index in [4.69, 9.17) is 11.3 Å². The van der Waals surface area contributed by atoms with Gasteiger partial charge in [-0.15, -0.1) is 5.11 Å². The molecular weight excluding hydrogens is 142 g/mol. The summed E-state index contributed by atoms with van der Waals surface area (Å²) >= 11 is 0. The van der Waals surface area contributed by atoms with Crippen molar-refractivity contribution in [3.8, 4) is 0 Å². The Morgan fingerprint density at radius 1 is 1.45 bits per heavy atom. The summed E-state index contributed by atoms with van der Waals surface area (Å²) in [6.45, 7) is 0. The van der Waals surface area contributed by atoms with Gasteiger partial charge in [0.2, 0.25) is 0 Å². The number of carbonyl (C=O) groups excluding carboxylic acids is 1. The number of nitrogens with one attached hydrogen (secondary N) is 1. The van der Waals surface area contributed by atoms with Gasteiger partial charge in [-0.3, -0.25) is 4.79 Å². The molecule has 1 rings (SSSR count). The Morgan fingerprint density at radius 2 is 2.09 bits per heavy atom. The monoisotopic (exact) mass is 151 g/mol. The fraction of sp³-hybridized carbons (Fsp3) is 0.286. The summed E-state index contributed by atoms with van der Waals surface area (Å²) in [6, 6.07) is -0.332. The number of hydrogen-bond acceptors (Lipinski definition) is 3. The highest BCUT2D eigenvalue weighted by molar-refractivity contribution is 5.81. The average molecular weight is 151 g/mol. The highest BCUT2D eigenvalue weighted by Crippen LogP contribution is 2.11. The van der Waals surface area contributed by atoms with Crippen LogP contribution < -0.4 is 5.73 Å². The molecule has 0 fully saturated rings. The maximum atomic E-state index is 10.9. The average Bonchev–Trinajstić information content (AvgIpc) is 2.04. The molecule has 0 bridgehead atoms. The summed E-state index contributed by atoms with van der Waals surface area (Å²) in [5.74, 6) is -0.935. The maximum Gasteiger partial charge on any atom is 0.272 e. The predicted octanol–water partition coefficient (Wildman–Crippen LogP) is 0.613. The predicted molar refractivity (Wildman–Crippen MR) is 39.9 cm³/mol. The van der Waals surface area contributed by atoms with Crippen LogP contribution in [-0.2, 0) is 4.79 Å². The van der Waals surface area contributed by atoms with Crippen molar-refractivity contribution in [3.63, 3.8) is 0 Å². The molecule has 3 N–H and O–H groups in total. The molecule has 2 unspecified atom stereocenters. The number of nitrogens with zero attached hydrogens (tertiary/aromatic N) is 1. The van der Waals surface area contributed by atoms with E-state index in [0.29, 0.717) is 0 Å². The zero-order valence-electron chi connectivity index (χ0n) is 5.90. The van der Waals surface area contributed by atoms with Gasteiger partial charge in [-0.2, -0.15) is 0 Å². The lowest BCUT2D eigenvalue weighted by atomic mass is 9.95. The van der Waals surface area contributed by atoms with Gasteiger partial charge in [0.15, 0.2) is 0 Å². The summed E-state index contributed by atoms with van der Waals surface area (Å²) in [5.41, 5.74) is 12.1. The van der Waals surface area contributed by atoms with Gasteiger partial charge in [0.25, 0.3) is 5.91 Å². The van der Waals surface area contributed by atoms with Crippen molar-refractivity contribution < 1.29 is 4.79 Å². The maximum absolute atomic E-state index is 10.9. The number of rotatable bonds is 1. The van der Waals surface area contributed by atoms with Crippen LogP contribution in [0.25, 0.3) is 0 Å². The second kappa shape index (κ2) is 3.21. The minimum absolute atomic E-state index is 0.332. The van der Waals surface area contributed by atoms with E-state index < -0.39 is 11.8 Å². The largest absolute Gasteiger partial charge is 0.324 e. The second-order valence-corrected chi connectivity index (χ2v) is 2.32. The zero-order valence-corrected chi connectivity index (χ0v) is 5.90. The van der Waals surface area contributed by atoms with Crippen LogP contribution in [0.4, 0.5) is 0 Å². The lowest BCUT2D eigenvalue weighted by molar-refractivity contribution is -0.121. The molecule has 0 aromatic rings. The summed E-state index contributed by atoms with van der Waals surface area (Å²) in [7, 11) is 0. The van der Waals surface area contributed by atoms with Crippen LogP contribution in [0, 0.1) is 11.4 Å². The summed E-state index contributed by atoms with van der Waals surface area (Å²) in [4.78, 5) is 10.9. The fourth-order valence-electron chi connectivity index (χ4n) is 0.946. The molecule has 1 amide bonds. The fourth-order valence-corrected chi connectivity index (χ4v) is 0.946. The van der Waals surface area contributed by atoms with Gasteiger partial charge >= 0.3 is 0 Å². The standard InChI is InChI=1S/C7H9N3O/c8-6-4-2-1-3-5(6)7(11)10-9/h1-6,9H,8H2. The van der Waals surface area contributed by atoms with E-state index in [1.165, 1.54) is 0 Å². The van der Waals surface area contributed by atoms with Crippen LogP contribution in [0.15, 0.2) is 29.4 Å². The van der Waals surface area contributed by atoms with Crippen molar-refractivity contribution in [3.05, 3.63) is 24.3 Å². The van der Waals surface area contributed by atoms with Crippen molar-refractivity contribution in [2.45, 2.75) is 6.04 Å². The van der Waals surface area contributed by atoms with Crippen LogP contribution >= 0.6 is 0 Å². The highest BCUT2D eigenvalue weighted by atomic mass is 16.1. The van der Waals surface area contributed by atoms with Gasteiger partial charge in [0.1, 0.15) is 0 Å². The first-order valence-electron chi connectivity index (χ1n) is 3.27. The number of amides is 1. The number of allylic oxidation sites excluding steroid dienone is 2. The minimum Gasteiger partial charge on any atom is -0.324 e. The molecule has 0 saturated carbocycles. The Labute approximate surface area is 64.3 Å².